The number of amides is 1. The van der Waals surface area contributed by atoms with E-state index in [1.54, 1.807) is 6.92 Å². The van der Waals surface area contributed by atoms with Gasteiger partial charge in [-0.2, -0.15) is 4.39 Å². The van der Waals surface area contributed by atoms with E-state index in [9.17, 15) is 27.7 Å². The van der Waals surface area contributed by atoms with Gasteiger partial charge >= 0.3 is 5.69 Å². The number of hydrogen-bond donors (Lipinski definition) is 1. The highest BCUT2D eigenvalue weighted by Crippen LogP contribution is 2.20. The standard InChI is InChI=1S/C11H14FN3O5S/c1-3-14(2)11(16)7-13-21(19,20)8-4-5-10(15(17)18)9(12)6-8/h4-6,13H,3,7H2,1-2H3. The third kappa shape index (κ3) is 4.20. The highest BCUT2D eigenvalue weighted by atomic mass is 32.2. The van der Waals surface area contributed by atoms with Crippen molar-refractivity contribution in [1.29, 1.82) is 0 Å². The number of nitro benzene ring substituents is 1. The summed E-state index contributed by atoms with van der Waals surface area (Å²) >= 11 is 0. The first-order chi connectivity index (χ1) is 9.69. The van der Waals surface area contributed by atoms with Crippen LogP contribution < -0.4 is 4.72 Å². The van der Waals surface area contributed by atoms with Gasteiger partial charge in [-0.1, -0.05) is 0 Å². The predicted octanol–water partition coefficient (Wildman–Crippen LogP) is 0.491. The normalized spacial score (nSPS) is 11.2. The van der Waals surface area contributed by atoms with Crippen LogP contribution in [-0.2, 0) is 14.8 Å². The van der Waals surface area contributed by atoms with Crippen LogP contribution in [0.3, 0.4) is 0 Å². The van der Waals surface area contributed by atoms with Gasteiger partial charge in [0, 0.05) is 25.7 Å². The minimum absolute atomic E-state index is 0.409. The molecule has 0 fully saturated rings. The number of sulfonamides is 1. The molecule has 0 saturated carbocycles. The molecule has 1 rings (SSSR count). The number of rotatable bonds is 6. The second-order valence-electron chi connectivity index (χ2n) is 4.10. The number of halogens is 1. The SMILES string of the molecule is CCN(C)C(=O)CNS(=O)(=O)c1ccc([N+](=O)[O-])c(F)c1. The monoisotopic (exact) mass is 319 g/mol. The minimum Gasteiger partial charge on any atom is -0.345 e. The van der Waals surface area contributed by atoms with E-state index in [1.807, 2.05) is 4.72 Å². The topological polar surface area (TPSA) is 110 Å². The number of nitrogens with one attached hydrogen (secondary N) is 1. The van der Waals surface area contributed by atoms with Crippen molar-refractivity contribution in [1.82, 2.24) is 9.62 Å². The molecule has 0 spiro atoms. The molecule has 0 atom stereocenters. The molecule has 0 aromatic heterocycles. The lowest BCUT2D eigenvalue weighted by Crippen LogP contribution is -2.37. The van der Waals surface area contributed by atoms with Gasteiger partial charge in [-0.25, -0.2) is 13.1 Å². The van der Waals surface area contributed by atoms with E-state index >= 15 is 0 Å². The van der Waals surface area contributed by atoms with Crippen LogP contribution in [0.1, 0.15) is 6.92 Å². The molecule has 0 bridgehead atoms. The second kappa shape index (κ2) is 6.59. The van der Waals surface area contributed by atoms with E-state index in [0.717, 1.165) is 12.1 Å². The number of likely N-dealkylation sites (N-methyl/N-ethyl adjacent to an activating group) is 1. The van der Waals surface area contributed by atoms with Crippen LogP contribution in [-0.4, -0.2) is 44.3 Å². The molecule has 0 aliphatic rings. The zero-order valence-electron chi connectivity index (χ0n) is 11.4. The molecule has 1 amide bonds. The summed E-state index contributed by atoms with van der Waals surface area (Å²) in [5.41, 5.74) is -0.823. The largest absolute Gasteiger partial charge is 0.345 e. The van der Waals surface area contributed by atoms with Crippen LogP contribution in [0.2, 0.25) is 0 Å². The zero-order valence-corrected chi connectivity index (χ0v) is 12.2. The Kier molecular flexibility index (Phi) is 5.33. The Morgan fingerprint density at radius 2 is 2.10 bits per heavy atom. The lowest BCUT2D eigenvalue weighted by molar-refractivity contribution is -0.387. The molecule has 0 aliphatic carbocycles. The molecule has 116 valence electrons. The number of nitro groups is 1. The fraction of sp³-hybridized carbons (Fsp3) is 0.364. The van der Waals surface area contributed by atoms with E-state index in [1.165, 1.54) is 11.9 Å². The maximum absolute atomic E-state index is 13.4. The Bertz CT molecular complexity index is 662. The minimum atomic E-state index is -4.12. The molecule has 0 saturated heterocycles. The van der Waals surface area contributed by atoms with Gasteiger partial charge in [-0.05, 0) is 13.0 Å². The number of carbonyl (C=O) groups excluding carboxylic acids is 1. The summed E-state index contributed by atoms with van der Waals surface area (Å²) in [7, 11) is -2.62. The number of hydrogen-bond acceptors (Lipinski definition) is 5. The Hall–Kier alpha value is -2.07. The van der Waals surface area contributed by atoms with Crippen molar-refractivity contribution in [2.45, 2.75) is 11.8 Å². The summed E-state index contributed by atoms with van der Waals surface area (Å²) in [6.07, 6.45) is 0. The lowest BCUT2D eigenvalue weighted by Gasteiger charge is -2.14. The Labute approximate surface area is 120 Å². The van der Waals surface area contributed by atoms with Crippen molar-refractivity contribution in [3.8, 4) is 0 Å². The van der Waals surface area contributed by atoms with Gasteiger partial charge in [0.25, 0.3) is 0 Å². The van der Waals surface area contributed by atoms with Crippen molar-refractivity contribution in [3.05, 3.63) is 34.1 Å². The third-order valence-corrected chi connectivity index (χ3v) is 4.14. The van der Waals surface area contributed by atoms with Gasteiger partial charge in [0.2, 0.25) is 21.7 Å². The van der Waals surface area contributed by atoms with Crippen LogP contribution in [0.4, 0.5) is 10.1 Å². The van der Waals surface area contributed by atoms with E-state index in [4.69, 9.17) is 0 Å². The number of nitrogens with zero attached hydrogens (tertiary/aromatic N) is 2. The maximum atomic E-state index is 13.4. The fourth-order valence-corrected chi connectivity index (χ4v) is 2.34. The van der Waals surface area contributed by atoms with Gasteiger partial charge in [0.15, 0.2) is 0 Å². The Morgan fingerprint density at radius 1 is 1.48 bits per heavy atom. The van der Waals surface area contributed by atoms with E-state index in [-0.39, 0.29) is 0 Å². The molecule has 0 aliphatic heterocycles. The van der Waals surface area contributed by atoms with Crippen LogP contribution >= 0.6 is 0 Å². The van der Waals surface area contributed by atoms with Crippen LogP contribution in [0.25, 0.3) is 0 Å². The first kappa shape index (κ1) is 17.0. The molecule has 0 heterocycles. The molecule has 8 nitrogen and oxygen atoms in total. The van der Waals surface area contributed by atoms with Crippen LogP contribution in [0, 0.1) is 15.9 Å². The fourth-order valence-electron chi connectivity index (χ4n) is 1.35. The molecule has 0 radical (unpaired) electrons. The van der Waals surface area contributed by atoms with Crippen molar-refractivity contribution < 1.29 is 22.5 Å². The first-order valence-corrected chi connectivity index (χ1v) is 7.35. The smallest absolute Gasteiger partial charge is 0.304 e. The molecule has 0 unspecified atom stereocenters. The average Bonchev–Trinajstić information content (AvgIpc) is 2.43. The summed E-state index contributed by atoms with van der Waals surface area (Å²) in [4.78, 5) is 21.8. The summed E-state index contributed by atoms with van der Waals surface area (Å²) in [6, 6.07) is 2.19. The zero-order chi connectivity index (χ0) is 16.2. The van der Waals surface area contributed by atoms with Gasteiger partial charge in [-0.15, -0.1) is 0 Å². The average molecular weight is 319 g/mol. The van der Waals surface area contributed by atoms with Crippen molar-refractivity contribution in [2.24, 2.45) is 0 Å². The van der Waals surface area contributed by atoms with Crippen molar-refractivity contribution in [2.75, 3.05) is 20.1 Å². The summed E-state index contributed by atoms with van der Waals surface area (Å²) in [5.74, 6) is -1.72. The Balaban J connectivity index is 2.91. The van der Waals surface area contributed by atoms with Gasteiger partial charge in [0.05, 0.1) is 16.4 Å². The number of benzene rings is 1. The number of carbonyl (C=O) groups is 1. The summed E-state index contributed by atoms with van der Waals surface area (Å²) in [6.45, 7) is 1.65. The van der Waals surface area contributed by atoms with Gasteiger partial charge in [-0.3, -0.25) is 14.9 Å². The van der Waals surface area contributed by atoms with Crippen molar-refractivity contribution >= 4 is 21.6 Å². The van der Waals surface area contributed by atoms with E-state index in [0.29, 0.717) is 12.6 Å². The lowest BCUT2D eigenvalue weighted by atomic mass is 10.3. The molecule has 10 heteroatoms. The van der Waals surface area contributed by atoms with Crippen LogP contribution in [0.15, 0.2) is 23.1 Å². The van der Waals surface area contributed by atoms with E-state index < -0.39 is 43.8 Å². The molecule has 21 heavy (non-hydrogen) atoms. The highest BCUT2D eigenvalue weighted by Gasteiger charge is 2.21. The molecule has 1 aromatic carbocycles. The van der Waals surface area contributed by atoms with Gasteiger partial charge in [0.1, 0.15) is 0 Å². The molecular formula is C11H14FN3O5S. The highest BCUT2D eigenvalue weighted by molar-refractivity contribution is 7.89. The first-order valence-electron chi connectivity index (χ1n) is 5.86. The molecular weight excluding hydrogens is 305 g/mol. The predicted molar refractivity (Wildman–Crippen MR) is 71.6 cm³/mol. The van der Waals surface area contributed by atoms with Gasteiger partial charge < -0.3 is 4.90 Å². The second-order valence-corrected chi connectivity index (χ2v) is 5.87. The summed E-state index contributed by atoms with van der Waals surface area (Å²) < 4.78 is 39.1. The quantitative estimate of drug-likeness (QED) is 0.606. The summed E-state index contributed by atoms with van der Waals surface area (Å²) in [5, 5.41) is 10.5. The molecule has 1 N–H and O–H groups in total. The Morgan fingerprint density at radius 3 is 2.57 bits per heavy atom. The van der Waals surface area contributed by atoms with E-state index in [2.05, 4.69) is 0 Å². The third-order valence-electron chi connectivity index (χ3n) is 2.74. The molecule has 1 aromatic rings. The van der Waals surface area contributed by atoms with Crippen LogP contribution in [0.5, 0.6) is 0 Å². The van der Waals surface area contributed by atoms with Crippen molar-refractivity contribution in [3.63, 3.8) is 0 Å². The maximum Gasteiger partial charge on any atom is 0.304 e.